The van der Waals surface area contributed by atoms with Crippen LogP contribution in [0.1, 0.15) is 82.7 Å². The van der Waals surface area contributed by atoms with Gasteiger partial charge in [0.1, 0.15) is 5.92 Å². The summed E-state index contributed by atoms with van der Waals surface area (Å²) in [5.41, 5.74) is 1.40. The molecule has 4 rings (SSSR count). The lowest BCUT2D eigenvalue weighted by molar-refractivity contribution is -0.384. The Morgan fingerprint density at radius 3 is 2.00 bits per heavy atom. The molecule has 2 aromatic carbocycles. The highest BCUT2D eigenvalue weighted by Gasteiger charge is 2.59. The molecule has 0 N–H and O–H groups in total. The number of anilines is 1. The molecule has 2 aromatic rings. The average Bonchev–Trinajstić information content (AvgIpc) is 3.42. The number of carbonyl (C=O) groups excluding carboxylic acids is 2. The number of hydrogen-bond donors (Lipinski definition) is 0. The summed E-state index contributed by atoms with van der Waals surface area (Å²) < 4.78 is 0. The summed E-state index contributed by atoms with van der Waals surface area (Å²) in [5.74, 6) is -1.22. The van der Waals surface area contributed by atoms with Gasteiger partial charge in [0, 0.05) is 18.7 Å². The number of imide groups is 1. The van der Waals surface area contributed by atoms with Crippen molar-refractivity contribution in [1.29, 1.82) is 0 Å². The number of hydroxylamine groups is 1. The van der Waals surface area contributed by atoms with Gasteiger partial charge in [-0.05, 0) is 24.1 Å². The Morgan fingerprint density at radius 2 is 1.41 bits per heavy atom. The molecule has 8 nitrogen and oxygen atoms in total. The van der Waals surface area contributed by atoms with Crippen molar-refractivity contribution in [1.82, 2.24) is 4.90 Å². The molecule has 2 aliphatic rings. The summed E-state index contributed by atoms with van der Waals surface area (Å²) in [6, 6.07) is 14.9. The minimum atomic E-state index is -0.893. The number of likely N-dealkylation sites (tertiary alicyclic amines) is 1. The van der Waals surface area contributed by atoms with Crippen LogP contribution in [0.4, 0.5) is 11.4 Å². The summed E-state index contributed by atoms with van der Waals surface area (Å²) in [7, 11) is 0. The van der Waals surface area contributed by atoms with Crippen LogP contribution in [0.3, 0.4) is 0 Å². The van der Waals surface area contributed by atoms with Crippen LogP contribution in [0.5, 0.6) is 0 Å². The SMILES string of the molecule is CCCCCCCCCCCCN1C(=O)C2ON(c3ccccc3)C(c3ccc([N+](=O)[O-])cc3)C2C1=O. The highest BCUT2D eigenvalue weighted by atomic mass is 16.7. The highest BCUT2D eigenvalue weighted by molar-refractivity contribution is 6.07. The first-order valence-corrected chi connectivity index (χ1v) is 13.6. The molecule has 3 unspecified atom stereocenters. The fraction of sp³-hybridized carbons (Fsp3) is 0.517. The van der Waals surface area contributed by atoms with Crippen molar-refractivity contribution in [2.75, 3.05) is 11.6 Å². The van der Waals surface area contributed by atoms with Crippen LogP contribution in [-0.4, -0.2) is 34.3 Å². The van der Waals surface area contributed by atoms with Crippen molar-refractivity contribution in [3.05, 3.63) is 70.3 Å². The number of fused-ring (bicyclic) bond motifs is 1. The van der Waals surface area contributed by atoms with E-state index in [1.807, 2.05) is 30.3 Å². The zero-order valence-corrected chi connectivity index (χ0v) is 21.6. The van der Waals surface area contributed by atoms with Crippen molar-refractivity contribution < 1.29 is 19.3 Å². The topological polar surface area (TPSA) is 93.0 Å². The zero-order valence-electron chi connectivity index (χ0n) is 21.6. The number of nitrogens with zero attached hydrogens (tertiary/aromatic N) is 3. The van der Waals surface area contributed by atoms with Crippen LogP contribution >= 0.6 is 0 Å². The predicted molar refractivity (Wildman–Crippen MR) is 142 cm³/mol. The van der Waals surface area contributed by atoms with Crippen LogP contribution in [0.15, 0.2) is 54.6 Å². The summed E-state index contributed by atoms with van der Waals surface area (Å²) in [6.45, 7) is 2.63. The Kier molecular flexibility index (Phi) is 9.28. The number of hydrogen-bond acceptors (Lipinski definition) is 6. The fourth-order valence-electron chi connectivity index (χ4n) is 5.38. The maximum Gasteiger partial charge on any atom is 0.269 e. The predicted octanol–water partition coefficient (Wildman–Crippen LogP) is 6.36. The first-order valence-electron chi connectivity index (χ1n) is 13.6. The smallest absolute Gasteiger partial charge is 0.269 e. The quantitative estimate of drug-likeness (QED) is 0.128. The highest BCUT2D eigenvalue weighted by Crippen LogP contribution is 2.46. The third kappa shape index (κ3) is 6.18. The van der Waals surface area contributed by atoms with Gasteiger partial charge in [-0.1, -0.05) is 95.0 Å². The molecule has 8 heteroatoms. The molecule has 2 aliphatic heterocycles. The molecule has 0 bridgehead atoms. The molecule has 37 heavy (non-hydrogen) atoms. The Bertz CT molecular complexity index is 1060. The molecule has 0 radical (unpaired) electrons. The van der Waals surface area contributed by atoms with Gasteiger partial charge in [-0.15, -0.1) is 0 Å². The zero-order chi connectivity index (χ0) is 26.2. The van der Waals surface area contributed by atoms with Gasteiger partial charge >= 0.3 is 0 Å². The van der Waals surface area contributed by atoms with Crippen molar-refractivity contribution in [2.24, 2.45) is 5.92 Å². The first-order chi connectivity index (χ1) is 18.0. The number of benzene rings is 2. The van der Waals surface area contributed by atoms with E-state index in [-0.39, 0.29) is 17.5 Å². The summed E-state index contributed by atoms with van der Waals surface area (Å²) in [6.07, 6.45) is 10.9. The molecule has 0 aliphatic carbocycles. The normalized spacial score (nSPS) is 21.1. The summed E-state index contributed by atoms with van der Waals surface area (Å²) >= 11 is 0. The lowest BCUT2D eigenvalue weighted by atomic mass is 9.90. The van der Waals surface area contributed by atoms with Gasteiger partial charge in [-0.2, -0.15) is 0 Å². The van der Waals surface area contributed by atoms with Gasteiger partial charge in [0.15, 0.2) is 6.10 Å². The molecular weight excluding hydrogens is 470 g/mol. The number of nitro groups is 1. The number of carbonyl (C=O) groups is 2. The Balaban J connectivity index is 1.39. The molecule has 2 fully saturated rings. The van der Waals surface area contributed by atoms with E-state index < -0.39 is 23.0 Å². The molecule has 2 heterocycles. The second-order valence-electron chi connectivity index (χ2n) is 10.0. The Morgan fingerprint density at radius 1 is 0.811 bits per heavy atom. The Labute approximate surface area is 218 Å². The number of unbranched alkanes of at least 4 members (excludes halogenated alkanes) is 9. The van der Waals surface area contributed by atoms with Gasteiger partial charge in [0.2, 0.25) is 5.91 Å². The first kappa shape index (κ1) is 26.8. The van der Waals surface area contributed by atoms with Crippen molar-refractivity contribution >= 4 is 23.2 Å². The number of non-ortho nitro benzene ring substituents is 1. The second kappa shape index (κ2) is 12.8. The van der Waals surface area contributed by atoms with Crippen LogP contribution in [0.2, 0.25) is 0 Å². The van der Waals surface area contributed by atoms with Gasteiger partial charge < -0.3 is 0 Å². The minimum absolute atomic E-state index is 0.0260. The molecule has 2 amide bonds. The number of amides is 2. The molecule has 3 atom stereocenters. The van der Waals surface area contributed by atoms with Gasteiger partial charge in [-0.3, -0.25) is 29.4 Å². The molecule has 2 saturated heterocycles. The third-order valence-electron chi connectivity index (χ3n) is 7.40. The van der Waals surface area contributed by atoms with Crippen molar-refractivity contribution in [3.63, 3.8) is 0 Å². The molecule has 198 valence electrons. The maximum atomic E-state index is 13.5. The van der Waals surface area contributed by atoms with Crippen LogP contribution in [0.25, 0.3) is 0 Å². The third-order valence-corrected chi connectivity index (χ3v) is 7.40. The number of nitro benzene ring substituents is 1. The summed E-state index contributed by atoms with van der Waals surface area (Å²) in [4.78, 5) is 44.9. The van der Waals surface area contributed by atoms with E-state index in [0.29, 0.717) is 12.1 Å². The standard InChI is InChI=1S/C29H37N3O5/c1-2-3-4-5-6-7-8-9-10-14-21-30-28(33)25-26(22-17-19-24(20-18-22)32(35)36)31(37-27(25)29(30)34)23-15-12-11-13-16-23/h11-13,15-20,25-27H,2-10,14,21H2,1H3. The van der Waals surface area contributed by atoms with Crippen LogP contribution in [0, 0.1) is 16.0 Å². The lowest BCUT2D eigenvalue weighted by Crippen LogP contribution is -2.37. The van der Waals surface area contributed by atoms with Crippen LogP contribution < -0.4 is 5.06 Å². The van der Waals surface area contributed by atoms with Crippen molar-refractivity contribution in [2.45, 2.75) is 83.3 Å². The number of rotatable bonds is 14. The fourth-order valence-corrected chi connectivity index (χ4v) is 5.38. The van der Waals surface area contributed by atoms with E-state index >= 15 is 0 Å². The number of para-hydroxylation sites is 1. The minimum Gasteiger partial charge on any atom is -0.280 e. The Hall–Kier alpha value is -3.26. The molecule has 0 aromatic heterocycles. The van der Waals surface area contributed by atoms with E-state index in [4.69, 9.17) is 4.84 Å². The van der Waals surface area contributed by atoms with E-state index in [0.717, 1.165) is 24.9 Å². The van der Waals surface area contributed by atoms with Gasteiger partial charge in [-0.25, -0.2) is 5.06 Å². The summed E-state index contributed by atoms with van der Waals surface area (Å²) in [5, 5.41) is 12.8. The average molecular weight is 508 g/mol. The monoisotopic (exact) mass is 507 g/mol. The molecular formula is C29H37N3O5. The van der Waals surface area contributed by atoms with E-state index in [1.165, 1.54) is 62.0 Å². The van der Waals surface area contributed by atoms with E-state index in [9.17, 15) is 19.7 Å². The largest absolute Gasteiger partial charge is 0.280 e. The van der Waals surface area contributed by atoms with Crippen molar-refractivity contribution in [3.8, 4) is 0 Å². The van der Waals surface area contributed by atoms with E-state index in [2.05, 4.69) is 6.92 Å². The van der Waals surface area contributed by atoms with E-state index in [1.54, 1.807) is 17.2 Å². The lowest BCUT2D eigenvalue weighted by Gasteiger charge is -2.28. The van der Waals surface area contributed by atoms with Crippen LogP contribution in [-0.2, 0) is 14.4 Å². The molecule has 0 saturated carbocycles. The maximum absolute atomic E-state index is 13.5. The molecule has 0 spiro atoms. The van der Waals surface area contributed by atoms with Gasteiger partial charge in [0.25, 0.3) is 11.6 Å². The van der Waals surface area contributed by atoms with Gasteiger partial charge in [0.05, 0.1) is 16.7 Å². The second-order valence-corrected chi connectivity index (χ2v) is 10.0.